The number of benzene rings is 2. The van der Waals surface area contributed by atoms with Gasteiger partial charge in [0.25, 0.3) is 0 Å². The molecule has 1 unspecified atom stereocenters. The molecule has 0 radical (unpaired) electrons. The number of phenols is 3. The van der Waals surface area contributed by atoms with E-state index in [4.69, 9.17) is 14.2 Å². The summed E-state index contributed by atoms with van der Waals surface area (Å²) < 4.78 is 15.2. The predicted molar refractivity (Wildman–Crippen MR) is 89.0 cm³/mol. The molecular formula is C18H18O8. The van der Waals surface area contributed by atoms with Crippen LogP contribution in [0.2, 0.25) is 0 Å². The molecule has 0 aliphatic heterocycles. The smallest absolute Gasteiger partial charge is 0.340 e. The lowest BCUT2D eigenvalue weighted by molar-refractivity contribution is -0.106. The van der Waals surface area contributed by atoms with Crippen molar-refractivity contribution in [2.45, 2.75) is 13.2 Å². The van der Waals surface area contributed by atoms with Crippen molar-refractivity contribution in [3.8, 4) is 17.2 Å². The van der Waals surface area contributed by atoms with E-state index in [-0.39, 0.29) is 35.8 Å². The summed E-state index contributed by atoms with van der Waals surface area (Å²) >= 11 is 0. The first-order valence-corrected chi connectivity index (χ1v) is 7.67. The number of carbonyl (C=O) groups excluding carboxylic acids is 2. The average Bonchev–Trinajstić information content (AvgIpc) is 2.60. The topological polar surface area (TPSA) is 123 Å². The first-order chi connectivity index (χ1) is 12.4. The van der Waals surface area contributed by atoms with Crippen molar-refractivity contribution in [3.63, 3.8) is 0 Å². The summed E-state index contributed by atoms with van der Waals surface area (Å²) in [5.41, 5.74) is 0.252. The summed E-state index contributed by atoms with van der Waals surface area (Å²) in [7, 11) is 0. The molecule has 8 heteroatoms. The van der Waals surface area contributed by atoms with Gasteiger partial charge in [-0.2, -0.15) is 0 Å². The van der Waals surface area contributed by atoms with Crippen LogP contribution in [-0.4, -0.2) is 46.8 Å². The Morgan fingerprint density at radius 1 is 0.923 bits per heavy atom. The third kappa shape index (κ3) is 5.38. The van der Waals surface area contributed by atoms with Crippen molar-refractivity contribution < 1.29 is 39.1 Å². The maximum atomic E-state index is 11.8. The largest absolute Gasteiger partial charge is 0.508 e. The summed E-state index contributed by atoms with van der Waals surface area (Å²) in [5, 5.41) is 27.9. The fraction of sp³-hybridized carbons (Fsp3) is 0.222. The van der Waals surface area contributed by atoms with Crippen molar-refractivity contribution >= 4 is 11.9 Å². The van der Waals surface area contributed by atoms with Crippen molar-refractivity contribution in [3.05, 3.63) is 53.6 Å². The molecular weight excluding hydrogens is 344 g/mol. The van der Waals surface area contributed by atoms with Crippen LogP contribution in [0, 0.1) is 0 Å². The predicted octanol–water partition coefficient (Wildman–Crippen LogP) is 2.18. The molecule has 0 saturated heterocycles. The van der Waals surface area contributed by atoms with Crippen LogP contribution in [0.15, 0.2) is 42.5 Å². The fourth-order valence-corrected chi connectivity index (χ4v) is 1.97. The van der Waals surface area contributed by atoms with E-state index in [9.17, 15) is 24.9 Å². The molecule has 0 saturated carbocycles. The van der Waals surface area contributed by atoms with E-state index in [1.165, 1.54) is 43.3 Å². The number of phenolic OH excluding ortho intramolecular Hbond substituents is 3. The van der Waals surface area contributed by atoms with Gasteiger partial charge in [0.15, 0.2) is 11.5 Å². The van der Waals surface area contributed by atoms with E-state index in [1.54, 1.807) is 0 Å². The maximum Gasteiger partial charge on any atom is 0.340 e. The van der Waals surface area contributed by atoms with E-state index >= 15 is 0 Å². The van der Waals surface area contributed by atoms with Gasteiger partial charge in [0.2, 0.25) is 6.29 Å². The van der Waals surface area contributed by atoms with Gasteiger partial charge in [-0.3, -0.25) is 0 Å². The number of ether oxygens (including phenoxy) is 3. The summed E-state index contributed by atoms with van der Waals surface area (Å²) in [6.45, 7) is 1.37. The number of esters is 2. The molecule has 0 aliphatic carbocycles. The Kier molecular flexibility index (Phi) is 6.40. The zero-order chi connectivity index (χ0) is 19.1. The van der Waals surface area contributed by atoms with Crippen LogP contribution in [0.5, 0.6) is 17.2 Å². The lowest BCUT2D eigenvalue weighted by Gasteiger charge is -2.14. The monoisotopic (exact) mass is 362 g/mol. The molecule has 0 aromatic heterocycles. The second-order valence-electron chi connectivity index (χ2n) is 5.23. The molecule has 138 valence electrons. The van der Waals surface area contributed by atoms with Crippen molar-refractivity contribution in [1.29, 1.82) is 0 Å². The van der Waals surface area contributed by atoms with Gasteiger partial charge in [-0.15, -0.1) is 0 Å². The zero-order valence-corrected chi connectivity index (χ0v) is 13.9. The minimum absolute atomic E-state index is 0.0235. The first-order valence-electron chi connectivity index (χ1n) is 7.67. The Morgan fingerprint density at radius 3 is 2.35 bits per heavy atom. The lowest BCUT2D eigenvalue weighted by Crippen LogP contribution is -2.21. The average molecular weight is 362 g/mol. The van der Waals surface area contributed by atoms with Gasteiger partial charge in [0.05, 0.1) is 17.7 Å². The highest BCUT2D eigenvalue weighted by Crippen LogP contribution is 2.25. The van der Waals surface area contributed by atoms with Gasteiger partial charge in [-0.05, 0) is 43.3 Å². The Hall–Kier alpha value is -3.26. The molecule has 0 amide bonds. The van der Waals surface area contributed by atoms with Crippen LogP contribution >= 0.6 is 0 Å². The number of aromatic hydroxyl groups is 3. The van der Waals surface area contributed by atoms with Gasteiger partial charge in [0, 0.05) is 0 Å². The molecule has 0 heterocycles. The number of rotatable bonds is 7. The SMILES string of the molecule is CC(OCCOC(=O)c1ccc(O)c(O)c1)OC(=O)c1cccc(O)c1. The van der Waals surface area contributed by atoms with E-state index in [0.717, 1.165) is 6.07 Å². The fourth-order valence-electron chi connectivity index (χ4n) is 1.97. The van der Waals surface area contributed by atoms with Crippen molar-refractivity contribution in [1.82, 2.24) is 0 Å². The molecule has 2 aromatic rings. The molecule has 0 bridgehead atoms. The molecule has 1 atom stereocenters. The highest BCUT2D eigenvalue weighted by atomic mass is 16.7. The summed E-state index contributed by atoms with van der Waals surface area (Å²) in [5.74, 6) is -2.19. The van der Waals surface area contributed by atoms with Crippen molar-refractivity contribution in [2.75, 3.05) is 13.2 Å². The van der Waals surface area contributed by atoms with Crippen molar-refractivity contribution in [2.24, 2.45) is 0 Å². The van der Waals surface area contributed by atoms with E-state index in [2.05, 4.69) is 0 Å². The maximum absolute atomic E-state index is 11.8. The van der Waals surface area contributed by atoms with E-state index in [0.29, 0.717) is 0 Å². The minimum Gasteiger partial charge on any atom is -0.508 e. The summed E-state index contributed by atoms with van der Waals surface area (Å²) in [6, 6.07) is 9.26. The normalized spacial score (nSPS) is 11.6. The highest BCUT2D eigenvalue weighted by molar-refractivity contribution is 5.90. The number of hydrogen-bond acceptors (Lipinski definition) is 8. The van der Waals surface area contributed by atoms with Crippen LogP contribution in [0.4, 0.5) is 0 Å². The summed E-state index contributed by atoms with van der Waals surface area (Å²) in [4.78, 5) is 23.6. The van der Waals surface area contributed by atoms with Crippen LogP contribution in [0.25, 0.3) is 0 Å². The van der Waals surface area contributed by atoms with E-state index < -0.39 is 24.0 Å². The second kappa shape index (κ2) is 8.72. The highest BCUT2D eigenvalue weighted by Gasteiger charge is 2.14. The second-order valence-corrected chi connectivity index (χ2v) is 5.23. The van der Waals surface area contributed by atoms with Gasteiger partial charge in [-0.1, -0.05) is 6.07 Å². The van der Waals surface area contributed by atoms with Crippen LogP contribution in [0.1, 0.15) is 27.6 Å². The third-order valence-electron chi connectivity index (χ3n) is 3.24. The Balaban J connectivity index is 1.72. The zero-order valence-electron chi connectivity index (χ0n) is 13.9. The number of hydrogen-bond donors (Lipinski definition) is 3. The minimum atomic E-state index is -0.888. The lowest BCUT2D eigenvalue weighted by atomic mass is 10.2. The molecule has 2 rings (SSSR count). The number of carbonyl (C=O) groups is 2. The molecule has 0 fully saturated rings. The third-order valence-corrected chi connectivity index (χ3v) is 3.24. The molecule has 0 spiro atoms. The van der Waals surface area contributed by atoms with Crippen LogP contribution < -0.4 is 0 Å². The Labute approximate surface area is 149 Å². The standard InChI is InChI=1S/C18H18O8/c1-11(26-18(23)12-3-2-4-14(19)9-12)24-7-8-25-17(22)13-5-6-15(20)16(21)10-13/h2-6,9-11,19-21H,7-8H2,1H3. The van der Waals surface area contributed by atoms with Crippen LogP contribution in [-0.2, 0) is 14.2 Å². The molecule has 2 aromatic carbocycles. The summed E-state index contributed by atoms with van der Waals surface area (Å²) in [6.07, 6.45) is -0.888. The quantitative estimate of drug-likeness (QED) is 0.296. The van der Waals surface area contributed by atoms with Crippen LogP contribution in [0.3, 0.4) is 0 Å². The Bertz CT molecular complexity index is 787. The first kappa shape index (κ1) is 19.1. The van der Waals surface area contributed by atoms with Gasteiger partial charge >= 0.3 is 11.9 Å². The van der Waals surface area contributed by atoms with Gasteiger partial charge in [0.1, 0.15) is 12.4 Å². The van der Waals surface area contributed by atoms with Gasteiger partial charge in [-0.25, -0.2) is 9.59 Å². The molecule has 26 heavy (non-hydrogen) atoms. The van der Waals surface area contributed by atoms with Gasteiger partial charge < -0.3 is 29.5 Å². The van der Waals surface area contributed by atoms with E-state index in [1.807, 2.05) is 0 Å². The molecule has 0 aliphatic rings. The Morgan fingerprint density at radius 2 is 1.65 bits per heavy atom. The molecule has 8 nitrogen and oxygen atoms in total. The molecule has 3 N–H and O–H groups in total.